The lowest BCUT2D eigenvalue weighted by atomic mass is 9.91. The highest BCUT2D eigenvalue weighted by Crippen LogP contribution is 2.29. The van der Waals surface area contributed by atoms with Crippen LogP contribution in [0.15, 0.2) is 27.4 Å². The zero-order valence-corrected chi connectivity index (χ0v) is 11.0. The minimum absolute atomic E-state index is 0.0756. The zero-order valence-electron chi connectivity index (χ0n) is 11.0. The smallest absolute Gasteiger partial charge is 0.408 e. The second-order valence-corrected chi connectivity index (χ2v) is 5.35. The zero-order chi connectivity index (χ0) is 14.3. The van der Waals surface area contributed by atoms with Crippen molar-refractivity contribution in [3.05, 3.63) is 34.3 Å². The van der Waals surface area contributed by atoms with Crippen LogP contribution in [0.4, 0.5) is 0 Å². The Hall–Kier alpha value is -2.08. The van der Waals surface area contributed by atoms with Crippen LogP contribution in [0.25, 0.3) is 11.1 Å². The quantitative estimate of drug-likeness (QED) is 0.857. The summed E-state index contributed by atoms with van der Waals surface area (Å²) in [5, 5.41) is 0. The first-order valence-corrected chi connectivity index (χ1v) is 6.76. The third-order valence-electron chi connectivity index (χ3n) is 4.00. The van der Waals surface area contributed by atoms with E-state index in [9.17, 15) is 9.59 Å². The van der Waals surface area contributed by atoms with Crippen LogP contribution in [0.3, 0.4) is 0 Å². The number of primary amides is 1. The maximum atomic E-state index is 12.0. The molecule has 0 radical (unpaired) electrons. The molecule has 0 spiro atoms. The molecule has 1 fully saturated rings. The summed E-state index contributed by atoms with van der Waals surface area (Å²) in [5.74, 6) is -0.903. The number of nitrogens with two attached hydrogens (primary N) is 2. The lowest BCUT2D eigenvalue weighted by molar-refractivity contribution is 0.100. The van der Waals surface area contributed by atoms with Crippen LogP contribution in [0, 0.1) is 0 Å². The minimum atomic E-state index is -0.516. The number of aromatic nitrogens is 1. The third kappa shape index (κ3) is 2.12. The Kier molecular flexibility index (Phi) is 3.10. The summed E-state index contributed by atoms with van der Waals surface area (Å²) < 4.78 is 6.87. The predicted molar refractivity (Wildman–Crippen MR) is 74.5 cm³/mol. The number of hydrogen-bond acceptors (Lipinski definition) is 4. The van der Waals surface area contributed by atoms with Crippen molar-refractivity contribution in [3.63, 3.8) is 0 Å². The molecule has 0 saturated heterocycles. The first kappa shape index (κ1) is 12.9. The van der Waals surface area contributed by atoms with Gasteiger partial charge in [0.1, 0.15) is 0 Å². The van der Waals surface area contributed by atoms with Crippen LogP contribution in [0.5, 0.6) is 0 Å². The molecule has 6 heteroatoms. The SMILES string of the molecule is NC(=O)c1ccc2oc(=O)n(C3CCC(N)CC3)c2c1. The summed E-state index contributed by atoms with van der Waals surface area (Å²) in [4.78, 5) is 23.3. The first-order chi connectivity index (χ1) is 9.56. The fourth-order valence-electron chi connectivity index (χ4n) is 2.89. The molecule has 1 amide bonds. The van der Waals surface area contributed by atoms with Gasteiger partial charge in [-0.25, -0.2) is 4.79 Å². The van der Waals surface area contributed by atoms with E-state index in [2.05, 4.69) is 0 Å². The number of hydrogen-bond donors (Lipinski definition) is 2. The van der Waals surface area contributed by atoms with Gasteiger partial charge in [0.15, 0.2) is 5.58 Å². The Bertz CT molecular complexity index is 708. The number of amides is 1. The Morgan fingerprint density at radius 3 is 2.60 bits per heavy atom. The van der Waals surface area contributed by atoms with Gasteiger partial charge in [0.05, 0.1) is 5.52 Å². The van der Waals surface area contributed by atoms with Crippen LogP contribution in [-0.4, -0.2) is 16.5 Å². The van der Waals surface area contributed by atoms with Crippen molar-refractivity contribution >= 4 is 17.0 Å². The van der Waals surface area contributed by atoms with Gasteiger partial charge in [0.2, 0.25) is 5.91 Å². The van der Waals surface area contributed by atoms with Crippen molar-refractivity contribution in [1.29, 1.82) is 0 Å². The second-order valence-electron chi connectivity index (χ2n) is 5.35. The monoisotopic (exact) mass is 275 g/mol. The van der Waals surface area contributed by atoms with Crippen LogP contribution in [0.2, 0.25) is 0 Å². The standard InChI is InChI=1S/C14H17N3O3/c15-9-2-4-10(5-3-9)17-11-7-8(13(16)18)1-6-12(11)20-14(17)19/h1,6-7,9-10H,2-5,15H2,(H2,16,18). The lowest BCUT2D eigenvalue weighted by Crippen LogP contribution is -2.30. The molecule has 0 unspecified atom stereocenters. The minimum Gasteiger partial charge on any atom is -0.408 e. The second kappa shape index (κ2) is 4.79. The summed E-state index contributed by atoms with van der Waals surface area (Å²) in [6, 6.07) is 5.08. The number of nitrogens with zero attached hydrogens (tertiary/aromatic N) is 1. The van der Waals surface area contributed by atoms with E-state index in [0.717, 1.165) is 25.7 Å². The summed E-state index contributed by atoms with van der Waals surface area (Å²) in [5.41, 5.74) is 12.7. The van der Waals surface area contributed by atoms with E-state index >= 15 is 0 Å². The summed E-state index contributed by atoms with van der Waals surface area (Å²) in [6.07, 6.45) is 3.46. The molecule has 20 heavy (non-hydrogen) atoms. The molecule has 6 nitrogen and oxygen atoms in total. The molecule has 106 valence electrons. The van der Waals surface area contributed by atoms with E-state index in [-0.39, 0.29) is 17.8 Å². The fraction of sp³-hybridized carbons (Fsp3) is 0.429. The highest BCUT2D eigenvalue weighted by atomic mass is 16.4. The van der Waals surface area contributed by atoms with Crippen molar-refractivity contribution < 1.29 is 9.21 Å². The van der Waals surface area contributed by atoms with Gasteiger partial charge in [-0.3, -0.25) is 9.36 Å². The molecule has 1 aromatic heterocycles. The topological polar surface area (TPSA) is 104 Å². The maximum Gasteiger partial charge on any atom is 0.420 e. The highest BCUT2D eigenvalue weighted by Gasteiger charge is 2.24. The number of carbonyl (C=O) groups is 1. The number of carbonyl (C=O) groups excluding carboxylic acids is 1. The van der Waals surface area contributed by atoms with Crippen LogP contribution in [0.1, 0.15) is 42.1 Å². The largest absolute Gasteiger partial charge is 0.420 e. The third-order valence-corrected chi connectivity index (χ3v) is 4.00. The van der Waals surface area contributed by atoms with Crippen molar-refractivity contribution in [2.75, 3.05) is 0 Å². The molecule has 1 saturated carbocycles. The molecule has 0 bridgehead atoms. The van der Waals surface area contributed by atoms with E-state index in [4.69, 9.17) is 15.9 Å². The van der Waals surface area contributed by atoms with E-state index in [0.29, 0.717) is 16.7 Å². The first-order valence-electron chi connectivity index (χ1n) is 6.76. The molecular formula is C14H17N3O3. The van der Waals surface area contributed by atoms with Gasteiger partial charge in [-0.1, -0.05) is 0 Å². The van der Waals surface area contributed by atoms with Gasteiger partial charge in [0.25, 0.3) is 0 Å². The Balaban J connectivity index is 2.09. The van der Waals surface area contributed by atoms with Gasteiger partial charge in [-0.05, 0) is 43.9 Å². The molecule has 3 rings (SSSR count). The normalized spacial score (nSPS) is 23.1. The van der Waals surface area contributed by atoms with Gasteiger partial charge in [0, 0.05) is 17.6 Å². The highest BCUT2D eigenvalue weighted by molar-refractivity contribution is 5.95. The number of oxazole rings is 1. The van der Waals surface area contributed by atoms with Gasteiger partial charge >= 0.3 is 5.76 Å². The summed E-state index contributed by atoms with van der Waals surface area (Å²) in [7, 11) is 0. The average Bonchev–Trinajstić information content (AvgIpc) is 2.75. The number of benzene rings is 1. The van der Waals surface area contributed by atoms with E-state index in [1.54, 1.807) is 22.8 Å². The Labute approximate surface area is 115 Å². The van der Waals surface area contributed by atoms with Crippen molar-refractivity contribution in [2.24, 2.45) is 11.5 Å². The van der Waals surface area contributed by atoms with Crippen LogP contribution >= 0.6 is 0 Å². The van der Waals surface area contributed by atoms with E-state index < -0.39 is 5.91 Å². The van der Waals surface area contributed by atoms with Gasteiger partial charge in [-0.15, -0.1) is 0 Å². The lowest BCUT2D eigenvalue weighted by Gasteiger charge is -2.26. The van der Waals surface area contributed by atoms with Crippen LogP contribution < -0.4 is 17.2 Å². The Morgan fingerprint density at radius 1 is 1.25 bits per heavy atom. The summed E-state index contributed by atoms with van der Waals surface area (Å²) in [6.45, 7) is 0. The molecule has 1 heterocycles. The maximum absolute atomic E-state index is 12.0. The molecule has 4 N–H and O–H groups in total. The van der Waals surface area contributed by atoms with Crippen molar-refractivity contribution in [2.45, 2.75) is 37.8 Å². The molecule has 0 aliphatic heterocycles. The number of fused-ring (bicyclic) bond motifs is 1. The van der Waals surface area contributed by atoms with Gasteiger partial charge in [-0.2, -0.15) is 0 Å². The van der Waals surface area contributed by atoms with Gasteiger partial charge < -0.3 is 15.9 Å². The Morgan fingerprint density at radius 2 is 1.95 bits per heavy atom. The summed E-state index contributed by atoms with van der Waals surface area (Å²) >= 11 is 0. The molecule has 1 aliphatic rings. The predicted octanol–water partition coefficient (Wildman–Crippen LogP) is 1.14. The van der Waals surface area contributed by atoms with E-state index in [1.807, 2.05) is 0 Å². The molecule has 0 atom stereocenters. The van der Waals surface area contributed by atoms with Crippen LogP contribution in [-0.2, 0) is 0 Å². The number of rotatable bonds is 2. The fourth-order valence-corrected chi connectivity index (χ4v) is 2.89. The van der Waals surface area contributed by atoms with E-state index in [1.165, 1.54) is 0 Å². The molecule has 1 aromatic carbocycles. The van der Waals surface area contributed by atoms with Crippen molar-refractivity contribution in [1.82, 2.24) is 4.57 Å². The molecule has 2 aromatic rings. The molecular weight excluding hydrogens is 258 g/mol. The average molecular weight is 275 g/mol. The molecule has 1 aliphatic carbocycles. The van der Waals surface area contributed by atoms with Crippen molar-refractivity contribution in [3.8, 4) is 0 Å².